The van der Waals surface area contributed by atoms with Crippen molar-refractivity contribution in [2.24, 2.45) is 10.3 Å². The number of oxime groups is 2. The highest BCUT2D eigenvalue weighted by Crippen LogP contribution is 2.18. The lowest BCUT2D eigenvalue weighted by atomic mass is 10.0. The Kier molecular flexibility index (Phi) is 9.55. The molecule has 0 radical (unpaired) electrons. The maximum Gasteiger partial charge on any atom is 0.119 e. The number of ether oxygens (including phenoxy) is 2. The summed E-state index contributed by atoms with van der Waals surface area (Å²) < 4.78 is 11.1. The molecule has 6 heteroatoms. The van der Waals surface area contributed by atoms with Crippen molar-refractivity contribution in [1.82, 2.24) is 0 Å². The Bertz CT molecular complexity index is 716. The van der Waals surface area contributed by atoms with Crippen LogP contribution in [0.25, 0.3) is 0 Å². The molecule has 29 heavy (non-hydrogen) atoms. The summed E-state index contributed by atoms with van der Waals surface area (Å²) in [5.41, 5.74) is 2.87. The quantitative estimate of drug-likeness (QED) is 0.281. The Morgan fingerprint density at radius 3 is 1.38 bits per heavy atom. The van der Waals surface area contributed by atoms with Gasteiger partial charge in [-0.2, -0.15) is 0 Å². The molecule has 2 N–H and O–H groups in total. The first kappa shape index (κ1) is 22.3. The van der Waals surface area contributed by atoms with Crippen LogP contribution >= 0.6 is 0 Å². The number of hydrogen-bond acceptors (Lipinski definition) is 6. The van der Waals surface area contributed by atoms with Crippen LogP contribution < -0.4 is 9.47 Å². The Morgan fingerprint density at radius 1 is 0.690 bits per heavy atom. The summed E-state index contributed by atoms with van der Waals surface area (Å²) in [6.07, 6.45) is 3.70. The van der Waals surface area contributed by atoms with Gasteiger partial charge in [-0.15, -0.1) is 0 Å². The SMILES string of the molecule is CCCOc1ccc(C(CCCC(=NO)c2ccc(OCCC)cc2)=NO)cc1. The molecular weight excluding hydrogens is 368 g/mol. The third-order valence-corrected chi connectivity index (χ3v) is 4.39. The van der Waals surface area contributed by atoms with Gasteiger partial charge in [0.25, 0.3) is 0 Å². The predicted octanol–water partition coefficient (Wildman–Crippen LogP) is 5.49. The molecule has 0 spiro atoms. The van der Waals surface area contributed by atoms with E-state index in [0.29, 0.717) is 43.9 Å². The zero-order valence-corrected chi connectivity index (χ0v) is 17.2. The van der Waals surface area contributed by atoms with Crippen LogP contribution in [0.15, 0.2) is 58.8 Å². The average Bonchev–Trinajstić information content (AvgIpc) is 2.77. The van der Waals surface area contributed by atoms with Crippen LogP contribution in [-0.2, 0) is 0 Å². The van der Waals surface area contributed by atoms with E-state index < -0.39 is 0 Å². The lowest BCUT2D eigenvalue weighted by Crippen LogP contribution is -2.06. The molecule has 0 atom stereocenters. The number of hydrogen-bond donors (Lipinski definition) is 2. The molecular formula is C23H30N2O4. The molecule has 0 saturated heterocycles. The Hall–Kier alpha value is -3.02. The molecule has 0 amide bonds. The van der Waals surface area contributed by atoms with Crippen molar-refractivity contribution in [3.05, 3.63) is 59.7 Å². The normalized spacial score (nSPS) is 12.1. The highest BCUT2D eigenvalue weighted by Gasteiger charge is 2.09. The fourth-order valence-electron chi connectivity index (χ4n) is 2.85. The molecule has 2 aromatic carbocycles. The van der Waals surface area contributed by atoms with Gasteiger partial charge in [-0.05, 0) is 91.8 Å². The van der Waals surface area contributed by atoms with Gasteiger partial charge in [0.2, 0.25) is 0 Å². The van der Waals surface area contributed by atoms with Gasteiger partial charge in [0.1, 0.15) is 11.5 Å². The van der Waals surface area contributed by atoms with Crippen LogP contribution in [0.4, 0.5) is 0 Å². The van der Waals surface area contributed by atoms with Crippen LogP contribution in [0.3, 0.4) is 0 Å². The average molecular weight is 399 g/mol. The lowest BCUT2D eigenvalue weighted by Gasteiger charge is -2.09. The minimum Gasteiger partial charge on any atom is -0.494 e. The highest BCUT2D eigenvalue weighted by molar-refractivity contribution is 6.02. The lowest BCUT2D eigenvalue weighted by molar-refractivity contribution is 0.315. The summed E-state index contributed by atoms with van der Waals surface area (Å²) in [7, 11) is 0. The molecule has 2 rings (SSSR count). The summed E-state index contributed by atoms with van der Waals surface area (Å²) >= 11 is 0. The molecule has 0 aliphatic carbocycles. The summed E-state index contributed by atoms with van der Waals surface area (Å²) in [4.78, 5) is 0. The first-order valence-electron chi connectivity index (χ1n) is 10.1. The fourth-order valence-corrected chi connectivity index (χ4v) is 2.85. The van der Waals surface area contributed by atoms with Crippen molar-refractivity contribution in [1.29, 1.82) is 0 Å². The van der Waals surface area contributed by atoms with Crippen molar-refractivity contribution in [3.63, 3.8) is 0 Å². The van der Waals surface area contributed by atoms with Gasteiger partial charge in [-0.25, -0.2) is 0 Å². The van der Waals surface area contributed by atoms with Gasteiger partial charge < -0.3 is 19.9 Å². The van der Waals surface area contributed by atoms with E-state index in [1.54, 1.807) is 0 Å². The van der Waals surface area contributed by atoms with Crippen molar-refractivity contribution in [3.8, 4) is 11.5 Å². The van der Waals surface area contributed by atoms with Crippen LogP contribution in [0, 0.1) is 0 Å². The summed E-state index contributed by atoms with van der Waals surface area (Å²) in [6, 6.07) is 15.0. The molecule has 0 aromatic heterocycles. The second kappa shape index (κ2) is 12.4. The Morgan fingerprint density at radius 2 is 1.07 bits per heavy atom. The molecule has 2 aromatic rings. The van der Waals surface area contributed by atoms with Crippen molar-refractivity contribution in [2.75, 3.05) is 13.2 Å². The summed E-state index contributed by atoms with van der Waals surface area (Å²) in [5.74, 6) is 1.60. The van der Waals surface area contributed by atoms with E-state index in [0.717, 1.165) is 35.5 Å². The minimum absolute atomic E-state index is 0.558. The van der Waals surface area contributed by atoms with Gasteiger partial charge in [-0.1, -0.05) is 24.2 Å². The molecule has 0 heterocycles. The third-order valence-electron chi connectivity index (χ3n) is 4.39. The van der Waals surface area contributed by atoms with Crippen LogP contribution in [0.1, 0.15) is 57.1 Å². The van der Waals surface area contributed by atoms with Crippen molar-refractivity contribution in [2.45, 2.75) is 46.0 Å². The molecule has 0 aliphatic heterocycles. The molecule has 0 aliphatic rings. The van der Waals surface area contributed by atoms with Crippen LogP contribution in [-0.4, -0.2) is 35.1 Å². The highest BCUT2D eigenvalue weighted by atomic mass is 16.5. The Balaban J connectivity index is 1.90. The number of benzene rings is 2. The maximum atomic E-state index is 9.39. The zero-order valence-electron chi connectivity index (χ0n) is 17.2. The van der Waals surface area contributed by atoms with Crippen molar-refractivity contribution < 1.29 is 19.9 Å². The van der Waals surface area contributed by atoms with E-state index in [2.05, 4.69) is 24.2 Å². The Labute approximate surface area is 172 Å². The first-order valence-corrected chi connectivity index (χ1v) is 10.1. The van der Waals surface area contributed by atoms with Gasteiger partial charge in [0.05, 0.1) is 24.6 Å². The second-order valence-electron chi connectivity index (χ2n) is 6.69. The van der Waals surface area contributed by atoms with E-state index in [9.17, 15) is 10.4 Å². The first-order chi connectivity index (χ1) is 14.2. The molecule has 0 unspecified atom stereocenters. The number of rotatable bonds is 12. The van der Waals surface area contributed by atoms with Crippen molar-refractivity contribution >= 4 is 11.4 Å². The minimum atomic E-state index is 0.558. The van der Waals surface area contributed by atoms with E-state index in [-0.39, 0.29) is 0 Å². The standard InChI is InChI=1S/C23H30N2O4/c1-3-16-28-20-12-8-18(9-13-20)22(24-26)6-5-7-23(25-27)19-10-14-21(15-11-19)29-17-4-2/h8-15,26-27H,3-7,16-17H2,1-2H3. The maximum absolute atomic E-state index is 9.39. The van der Waals surface area contributed by atoms with Gasteiger partial charge in [0.15, 0.2) is 0 Å². The van der Waals surface area contributed by atoms with Gasteiger partial charge in [-0.3, -0.25) is 0 Å². The van der Waals surface area contributed by atoms with E-state index >= 15 is 0 Å². The summed E-state index contributed by atoms with van der Waals surface area (Å²) in [5, 5.41) is 25.7. The van der Waals surface area contributed by atoms with Gasteiger partial charge in [0, 0.05) is 0 Å². The molecule has 6 nitrogen and oxygen atoms in total. The fraction of sp³-hybridized carbons (Fsp3) is 0.391. The largest absolute Gasteiger partial charge is 0.494 e. The number of nitrogens with zero attached hydrogens (tertiary/aromatic N) is 2. The molecule has 0 fully saturated rings. The van der Waals surface area contributed by atoms with E-state index in [1.165, 1.54) is 0 Å². The van der Waals surface area contributed by atoms with E-state index in [4.69, 9.17) is 9.47 Å². The van der Waals surface area contributed by atoms with Gasteiger partial charge >= 0.3 is 0 Å². The second-order valence-corrected chi connectivity index (χ2v) is 6.69. The predicted molar refractivity (Wildman–Crippen MR) is 115 cm³/mol. The smallest absolute Gasteiger partial charge is 0.119 e. The van der Waals surface area contributed by atoms with Crippen LogP contribution in [0.2, 0.25) is 0 Å². The monoisotopic (exact) mass is 398 g/mol. The molecule has 0 saturated carbocycles. The molecule has 0 bridgehead atoms. The summed E-state index contributed by atoms with van der Waals surface area (Å²) in [6.45, 7) is 5.47. The van der Waals surface area contributed by atoms with Crippen LogP contribution in [0.5, 0.6) is 11.5 Å². The van der Waals surface area contributed by atoms with E-state index in [1.807, 2.05) is 48.5 Å². The topological polar surface area (TPSA) is 83.6 Å². The zero-order chi connectivity index (χ0) is 20.9. The third kappa shape index (κ3) is 7.14. The molecule has 156 valence electrons.